The molecular formula is C14H17NO3S. The second kappa shape index (κ2) is 7.29. The van der Waals surface area contributed by atoms with Crippen LogP contribution < -0.4 is 5.32 Å². The number of amides is 1. The molecule has 2 heterocycles. The van der Waals surface area contributed by atoms with Crippen LogP contribution in [0.4, 0.5) is 0 Å². The predicted octanol–water partition coefficient (Wildman–Crippen LogP) is 1.39. The molecule has 0 saturated carbocycles. The largest absolute Gasteiger partial charge is 0.395 e. The zero-order chi connectivity index (χ0) is 13.5. The number of carbonyl (C=O) groups excluding carboxylic acids is 1. The third kappa shape index (κ3) is 4.35. The molecule has 1 aliphatic heterocycles. The van der Waals surface area contributed by atoms with Crippen molar-refractivity contribution in [1.82, 2.24) is 5.32 Å². The first-order valence-corrected chi connectivity index (χ1v) is 7.25. The van der Waals surface area contributed by atoms with E-state index in [1.165, 1.54) is 11.3 Å². The molecule has 1 aromatic rings. The summed E-state index contributed by atoms with van der Waals surface area (Å²) in [6, 6.07) is 1.78. The molecule has 1 atom stereocenters. The molecule has 0 aromatic carbocycles. The zero-order valence-electron chi connectivity index (χ0n) is 10.6. The van der Waals surface area contributed by atoms with Crippen molar-refractivity contribution in [2.24, 2.45) is 0 Å². The summed E-state index contributed by atoms with van der Waals surface area (Å²) in [6.45, 7) is 1.43. The summed E-state index contributed by atoms with van der Waals surface area (Å²) in [5, 5.41) is 13.3. The first-order chi connectivity index (χ1) is 9.29. The van der Waals surface area contributed by atoms with Crippen molar-refractivity contribution in [2.75, 3.05) is 19.8 Å². The molecule has 1 saturated heterocycles. The Hall–Kier alpha value is -1.35. The van der Waals surface area contributed by atoms with Gasteiger partial charge in [-0.05, 0) is 18.9 Å². The highest BCUT2D eigenvalue weighted by atomic mass is 32.1. The SMILES string of the molecule is O=C(NCC1CCCO1)c1csc(C#CCCO)c1. The van der Waals surface area contributed by atoms with Gasteiger partial charge in [0.15, 0.2) is 0 Å². The van der Waals surface area contributed by atoms with Gasteiger partial charge in [0.2, 0.25) is 0 Å². The monoisotopic (exact) mass is 279 g/mol. The minimum Gasteiger partial charge on any atom is -0.395 e. The third-order valence-corrected chi connectivity index (χ3v) is 3.67. The Morgan fingerprint density at radius 2 is 2.53 bits per heavy atom. The van der Waals surface area contributed by atoms with Crippen molar-refractivity contribution in [1.29, 1.82) is 0 Å². The Balaban J connectivity index is 1.83. The number of carbonyl (C=O) groups is 1. The van der Waals surface area contributed by atoms with E-state index in [4.69, 9.17) is 9.84 Å². The van der Waals surface area contributed by atoms with Gasteiger partial charge in [-0.2, -0.15) is 0 Å². The highest BCUT2D eigenvalue weighted by Crippen LogP contribution is 2.14. The predicted molar refractivity (Wildman–Crippen MR) is 74.2 cm³/mol. The number of rotatable bonds is 4. The smallest absolute Gasteiger partial charge is 0.252 e. The van der Waals surface area contributed by atoms with E-state index in [0.717, 1.165) is 24.3 Å². The van der Waals surface area contributed by atoms with Crippen molar-refractivity contribution >= 4 is 17.2 Å². The van der Waals surface area contributed by atoms with Crippen molar-refractivity contribution < 1.29 is 14.6 Å². The lowest BCUT2D eigenvalue weighted by Gasteiger charge is -2.09. The molecule has 1 aromatic heterocycles. The van der Waals surface area contributed by atoms with Gasteiger partial charge in [0.25, 0.3) is 5.91 Å². The summed E-state index contributed by atoms with van der Waals surface area (Å²) >= 11 is 1.44. The van der Waals surface area contributed by atoms with E-state index in [0.29, 0.717) is 18.5 Å². The number of aliphatic hydroxyl groups excluding tert-OH is 1. The standard InChI is InChI=1S/C14H17NO3S/c16-6-2-1-5-13-8-11(10-19-13)14(17)15-9-12-4-3-7-18-12/h8,10,12,16H,2-4,6-7,9H2,(H,15,17). The number of ether oxygens (including phenoxy) is 1. The molecule has 1 amide bonds. The number of hydrogen-bond acceptors (Lipinski definition) is 4. The molecule has 0 radical (unpaired) electrons. The average molecular weight is 279 g/mol. The van der Waals surface area contributed by atoms with Crippen LogP contribution in [-0.4, -0.2) is 36.9 Å². The molecule has 1 aliphatic rings. The van der Waals surface area contributed by atoms with E-state index < -0.39 is 0 Å². The van der Waals surface area contributed by atoms with Gasteiger partial charge < -0.3 is 15.2 Å². The third-order valence-electron chi connectivity index (χ3n) is 2.82. The number of hydrogen-bond donors (Lipinski definition) is 2. The van der Waals surface area contributed by atoms with E-state index in [-0.39, 0.29) is 18.6 Å². The van der Waals surface area contributed by atoms with Gasteiger partial charge in [-0.3, -0.25) is 4.79 Å². The van der Waals surface area contributed by atoms with Crippen molar-refractivity contribution in [3.05, 3.63) is 21.9 Å². The molecular weight excluding hydrogens is 262 g/mol. The lowest BCUT2D eigenvalue weighted by Crippen LogP contribution is -2.31. The quantitative estimate of drug-likeness (QED) is 0.819. The van der Waals surface area contributed by atoms with Gasteiger partial charge in [-0.25, -0.2) is 0 Å². The minimum atomic E-state index is -0.0815. The van der Waals surface area contributed by atoms with Crippen molar-refractivity contribution in [2.45, 2.75) is 25.4 Å². The van der Waals surface area contributed by atoms with Crippen LogP contribution in [-0.2, 0) is 4.74 Å². The van der Waals surface area contributed by atoms with E-state index in [9.17, 15) is 4.79 Å². The van der Waals surface area contributed by atoms with Crippen molar-refractivity contribution in [3.8, 4) is 11.8 Å². The normalized spacial score (nSPS) is 17.8. The van der Waals surface area contributed by atoms with Crippen LogP contribution in [0.5, 0.6) is 0 Å². The van der Waals surface area contributed by atoms with Crippen LogP contribution >= 0.6 is 11.3 Å². The Morgan fingerprint density at radius 3 is 3.26 bits per heavy atom. The first-order valence-electron chi connectivity index (χ1n) is 6.37. The van der Waals surface area contributed by atoms with Crippen LogP contribution in [0.2, 0.25) is 0 Å². The van der Waals surface area contributed by atoms with E-state index in [1.54, 1.807) is 11.4 Å². The lowest BCUT2D eigenvalue weighted by molar-refractivity contribution is 0.0858. The molecule has 0 bridgehead atoms. The van der Waals surface area contributed by atoms with Gasteiger partial charge >= 0.3 is 0 Å². The van der Waals surface area contributed by atoms with Gasteiger partial charge in [0.1, 0.15) is 0 Å². The fourth-order valence-corrected chi connectivity index (χ4v) is 2.60. The summed E-state index contributed by atoms with van der Waals surface area (Å²) in [5.41, 5.74) is 0.635. The summed E-state index contributed by atoms with van der Waals surface area (Å²) < 4.78 is 5.45. The second-order valence-corrected chi connectivity index (χ2v) is 5.23. The van der Waals surface area contributed by atoms with Crippen LogP contribution in [0.1, 0.15) is 34.5 Å². The van der Waals surface area contributed by atoms with Crippen LogP contribution in [0.3, 0.4) is 0 Å². The average Bonchev–Trinajstić information content (AvgIpc) is 3.07. The molecule has 1 unspecified atom stereocenters. The topological polar surface area (TPSA) is 58.6 Å². The molecule has 4 nitrogen and oxygen atoms in total. The van der Waals surface area contributed by atoms with Crippen molar-refractivity contribution in [3.63, 3.8) is 0 Å². The molecule has 0 aliphatic carbocycles. The summed E-state index contributed by atoms with van der Waals surface area (Å²) in [5.74, 6) is 5.68. The Labute approximate surface area is 116 Å². The van der Waals surface area contributed by atoms with Gasteiger partial charge in [0, 0.05) is 25.0 Å². The molecule has 2 rings (SSSR count). The van der Waals surface area contributed by atoms with Gasteiger partial charge in [0.05, 0.1) is 23.2 Å². The number of nitrogens with one attached hydrogen (secondary N) is 1. The maximum absolute atomic E-state index is 11.9. The molecule has 19 heavy (non-hydrogen) atoms. The maximum atomic E-state index is 11.9. The number of aliphatic hydroxyl groups is 1. The van der Waals surface area contributed by atoms with E-state index >= 15 is 0 Å². The summed E-state index contributed by atoms with van der Waals surface area (Å²) in [4.78, 5) is 12.7. The van der Waals surface area contributed by atoms with Gasteiger partial charge in [-0.15, -0.1) is 11.3 Å². The Kier molecular flexibility index (Phi) is 5.40. The maximum Gasteiger partial charge on any atom is 0.252 e. The Morgan fingerprint density at radius 1 is 1.63 bits per heavy atom. The zero-order valence-corrected chi connectivity index (χ0v) is 11.5. The molecule has 102 valence electrons. The van der Waals surface area contributed by atoms with E-state index in [2.05, 4.69) is 17.2 Å². The van der Waals surface area contributed by atoms with Crippen LogP contribution in [0.25, 0.3) is 0 Å². The molecule has 0 spiro atoms. The molecule has 2 N–H and O–H groups in total. The van der Waals surface area contributed by atoms with E-state index in [1.807, 2.05) is 0 Å². The summed E-state index contributed by atoms with van der Waals surface area (Å²) in [6.07, 6.45) is 2.70. The number of thiophene rings is 1. The first kappa shape index (κ1) is 14.1. The van der Waals surface area contributed by atoms with Gasteiger partial charge in [-0.1, -0.05) is 11.8 Å². The lowest BCUT2D eigenvalue weighted by atomic mass is 10.2. The fraction of sp³-hybridized carbons (Fsp3) is 0.500. The highest BCUT2D eigenvalue weighted by Gasteiger charge is 2.16. The summed E-state index contributed by atoms with van der Waals surface area (Å²) in [7, 11) is 0. The molecule has 5 heteroatoms. The van der Waals surface area contributed by atoms with Crippen LogP contribution in [0.15, 0.2) is 11.4 Å². The Bertz CT molecular complexity index is 480. The fourth-order valence-electron chi connectivity index (χ4n) is 1.84. The van der Waals surface area contributed by atoms with Crippen LogP contribution in [0, 0.1) is 11.8 Å². The minimum absolute atomic E-state index is 0.0626. The highest BCUT2D eigenvalue weighted by molar-refractivity contribution is 7.10. The molecule has 1 fully saturated rings. The second-order valence-electron chi connectivity index (χ2n) is 4.32.